The van der Waals surface area contributed by atoms with E-state index in [4.69, 9.17) is 16.9 Å². The standard InChI is InChI=1S/C11H16ClN3/c1-7(2)6-15-11(12)9(5-13)10(14-15)8(3)4/h7-8H,6H2,1-4H3. The van der Waals surface area contributed by atoms with Crippen LogP contribution in [0, 0.1) is 17.2 Å². The first-order valence-corrected chi connectivity index (χ1v) is 5.51. The minimum absolute atomic E-state index is 0.227. The number of aromatic nitrogens is 2. The Morgan fingerprint density at radius 1 is 1.40 bits per heavy atom. The molecule has 0 aliphatic rings. The maximum atomic E-state index is 9.01. The SMILES string of the molecule is CC(C)Cn1nc(C(C)C)c(C#N)c1Cl. The van der Waals surface area contributed by atoms with Gasteiger partial charge in [-0.25, -0.2) is 0 Å². The van der Waals surface area contributed by atoms with Crippen LogP contribution in [-0.4, -0.2) is 9.78 Å². The Hall–Kier alpha value is -1.01. The van der Waals surface area contributed by atoms with Crippen LogP contribution < -0.4 is 0 Å². The van der Waals surface area contributed by atoms with Crippen LogP contribution in [0.2, 0.25) is 5.15 Å². The number of rotatable bonds is 3. The molecule has 1 aromatic rings. The van der Waals surface area contributed by atoms with Crippen LogP contribution in [0.5, 0.6) is 0 Å². The third-order valence-corrected chi connectivity index (χ3v) is 2.50. The van der Waals surface area contributed by atoms with Crippen LogP contribution in [0.4, 0.5) is 0 Å². The molecule has 0 unspecified atom stereocenters. The predicted molar refractivity (Wildman–Crippen MR) is 60.9 cm³/mol. The molecule has 1 heterocycles. The van der Waals surface area contributed by atoms with Gasteiger partial charge in [-0.05, 0) is 11.8 Å². The minimum Gasteiger partial charge on any atom is -0.252 e. The summed E-state index contributed by atoms with van der Waals surface area (Å²) in [7, 11) is 0. The van der Waals surface area contributed by atoms with E-state index in [0.717, 1.165) is 12.2 Å². The van der Waals surface area contributed by atoms with Gasteiger partial charge < -0.3 is 0 Å². The average Bonchev–Trinajstić information content (AvgIpc) is 2.43. The zero-order valence-electron chi connectivity index (χ0n) is 9.58. The van der Waals surface area contributed by atoms with Gasteiger partial charge in [0, 0.05) is 6.54 Å². The molecule has 1 aromatic heterocycles. The summed E-state index contributed by atoms with van der Waals surface area (Å²) in [5.41, 5.74) is 1.32. The van der Waals surface area contributed by atoms with Crippen LogP contribution in [0.3, 0.4) is 0 Å². The summed E-state index contributed by atoms with van der Waals surface area (Å²) in [6.45, 7) is 8.97. The Bertz CT molecular complexity index is 385. The molecular weight excluding hydrogens is 210 g/mol. The average molecular weight is 226 g/mol. The fourth-order valence-corrected chi connectivity index (χ4v) is 1.68. The smallest absolute Gasteiger partial charge is 0.145 e. The molecule has 1 rings (SSSR count). The molecule has 0 saturated carbocycles. The maximum Gasteiger partial charge on any atom is 0.145 e. The van der Waals surface area contributed by atoms with Gasteiger partial charge in [-0.2, -0.15) is 10.4 Å². The van der Waals surface area contributed by atoms with Crippen molar-refractivity contribution in [3.8, 4) is 6.07 Å². The van der Waals surface area contributed by atoms with E-state index in [1.54, 1.807) is 4.68 Å². The molecule has 0 amide bonds. The molecule has 4 heteroatoms. The molecule has 0 bridgehead atoms. The van der Waals surface area contributed by atoms with E-state index in [-0.39, 0.29) is 5.92 Å². The highest BCUT2D eigenvalue weighted by molar-refractivity contribution is 6.30. The monoisotopic (exact) mass is 225 g/mol. The van der Waals surface area contributed by atoms with Crippen LogP contribution >= 0.6 is 11.6 Å². The molecule has 82 valence electrons. The Balaban J connectivity index is 3.17. The van der Waals surface area contributed by atoms with Crippen LogP contribution in [0.25, 0.3) is 0 Å². The van der Waals surface area contributed by atoms with Gasteiger partial charge in [0.1, 0.15) is 16.8 Å². The Morgan fingerprint density at radius 2 is 2.00 bits per heavy atom. The van der Waals surface area contributed by atoms with Crippen molar-refractivity contribution in [2.24, 2.45) is 5.92 Å². The molecule has 0 radical (unpaired) electrons. The summed E-state index contributed by atoms with van der Waals surface area (Å²) >= 11 is 6.10. The summed E-state index contributed by atoms with van der Waals surface area (Å²) in [6, 6.07) is 2.12. The minimum atomic E-state index is 0.227. The van der Waals surface area contributed by atoms with Gasteiger partial charge in [0.15, 0.2) is 0 Å². The third-order valence-electron chi connectivity index (χ3n) is 2.11. The quantitative estimate of drug-likeness (QED) is 0.793. The van der Waals surface area contributed by atoms with Crippen molar-refractivity contribution in [2.75, 3.05) is 0 Å². The number of hydrogen-bond donors (Lipinski definition) is 0. The van der Waals surface area contributed by atoms with Crippen LogP contribution in [0.15, 0.2) is 0 Å². The topological polar surface area (TPSA) is 41.6 Å². The number of hydrogen-bond acceptors (Lipinski definition) is 2. The van der Waals surface area contributed by atoms with Crippen molar-refractivity contribution in [3.05, 3.63) is 16.4 Å². The molecule has 0 fully saturated rings. The molecule has 0 aromatic carbocycles. The van der Waals surface area contributed by atoms with E-state index >= 15 is 0 Å². The molecule has 0 spiro atoms. The summed E-state index contributed by atoms with van der Waals surface area (Å²) < 4.78 is 1.72. The first-order valence-electron chi connectivity index (χ1n) is 5.13. The second-order valence-electron chi connectivity index (χ2n) is 4.39. The van der Waals surface area contributed by atoms with Gasteiger partial charge >= 0.3 is 0 Å². The van der Waals surface area contributed by atoms with Crippen molar-refractivity contribution in [1.29, 1.82) is 5.26 Å². The van der Waals surface area contributed by atoms with E-state index < -0.39 is 0 Å². The second kappa shape index (κ2) is 4.67. The van der Waals surface area contributed by atoms with Crippen LogP contribution in [-0.2, 0) is 6.54 Å². The molecular formula is C11H16ClN3. The second-order valence-corrected chi connectivity index (χ2v) is 4.75. The number of nitriles is 1. The van der Waals surface area contributed by atoms with Crippen molar-refractivity contribution < 1.29 is 0 Å². The lowest BCUT2D eigenvalue weighted by Gasteiger charge is -2.05. The highest BCUT2D eigenvalue weighted by Gasteiger charge is 2.18. The van der Waals surface area contributed by atoms with Gasteiger partial charge in [-0.1, -0.05) is 39.3 Å². The lowest BCUT2D eigenvalue weighted by Crippen LogP contribution is -2.06. The van der Waals surface area contributed by atoms with E-state index in [0.29, 0.717) is 16.6 Å². The third kappa shape index (κ3) is 2.51. The van der Waals surface area contributed by atoms with Gasteiger partial charge in [0.25, 0.3) is 0 Å². The first kappa shape index (κ1) is 12.1. The molecule has 3 nitrogen and oxygen atoms in total. The highest BCUT2D eigenvalue weighted by atomic mass is 35.5. The van der Waals surface area contributed by atoms with E-state index in [9.17, 15) is 0 Å². The van der Waals surface area contributed by atoms with Gasteiger partial charge in [0.2, 0.25) is 0 Å². The summed E-state index contributed by atoms with van der Waals surface area (Å²) in [4.78, 5) is 0. The molecule has 0 atom stereocenters. The molecule has 0 aliphatic heterocycles. The van der Waals surface area contributed by atoms with Crippen molar-refractivity contribution >= 4 is 11.6 Å². The summed E-state index contributed by atoms with van der Waals surface area (Å²) in [5, 5.41) is 13.9. The van der Waals surface area contributed by atoms with E-state index in [1.165, 1.54) is 0 Å². The molecule has 15 heavy (non-hydrogen) atoms. The van der Waals surface area contributed by atoms with Gasteiger partial charge in [-0.15, -0.1) is 0 Å². The number of halogens is 1. The van der Waals surface area contributed by atoms with Crippen molar-refractivity contribution in [3.63, 3.8) is 0 Å². The van der Waals surface area contributed by atoms with Crippen molar-refractivity contribution in [2.45, 2.75) is 40.2 Å². The van der Waals surface area contributed by atoms with Crippen LogP contribution in [0.1, 0.15) is 44.9 Å². The largest absolute Gasteiger partial charge is 0.252 e. The Morgan fingerprint density at radius 3 is 2.33 bits per heavy atom. The fraction of sp³-hybridized carbons (Fsp3) is 0.636. The molecule has 0 N–H and O–H groups in total. The molecule has 0 aliphatic carbocycles. The number of nitrogens with zero attached hydrogens (tertiary/aromatic N) is 3. The lowest BCUT2D eigenvalue weighted by atomic mass is 10.1. The first-order chi connectivity index (χ1) is 6.97. The highest BCUT2D eigenvalue weighted by Crippen LogP contribution is 2.25. The normalized spacial score (nSPS) is 11.1. The Labute approximate surface area is 95.7 Å². The van der Waals surface area contributed by atoms with E-state index in [1.807, 2.05) is 13.8 Å². The lowest BCUT2D eigenvalue weighted by molar-refractivity contribution is 0.478. The van der Waals surface area contributed by atoms with Gasteiger partial charge in [-0.3, -0.25) is 4.68 Å². The predicted octanol–water partition coefficient (Wildman–Crippen LogP) is 3.19. The maximum absolute atomic E-state index is 9.01. The zero-order chi connectivity index (χ0) is 11.6. The van der Waals surface area contributed by atoms with Gasteiger partial charge in [0.05, 0.1) is 5.69 Å². The molecule has 0 saturated heterocycles. The summed E-state index contributed by atoms with van der Waals surface area (Å²) in [6.07, 6.45) is 0. The zero-order valence-corrected chi connectivity index (χ0v) is 10.3. The van der Waals surface area contributed by atoms with Crippen molar-refractivity contribution in [1.82, 2.24) is 9.78 Å². The summed E-state index contributed by atoms with van der Waals surface area (Å²) in [5.74, 6) is 0.694. The van der Waals surface area contributed by atoms with E-state index in [2.05, 4.69) is 25.0 Å². The fourth-order valence-electron chi connectivity index (χ4n) is 1.43. The Kier molecular flexibility index (Phi) is 3.76.